The molecule has 1 fully saturated rings. The predicted octanol–water partition coefficient (Wildman–Crippen LogP) is 1.98. The molecule has 3 rings (SSSR count). The van der Waals surface area contributed by atoms with Gasteiger partial charge in [0, 0.05) is 24.1 Å². The number of hydrogen-bond acceptors (Lipinski definition) is 6. The molecule has 0 radical (unpaired) electrons. The molecule has 0 aromatic heterocycles. The molecule has 0 spiro atoms. The van der Waals surface area contributed by atoms with E-state index in [4.69, 9.17) is 9.47 Å². The highest BCUT2D eigenvalue weighted by Gasteiger charge is 2.26. The van der Waals surface area contributed by atoms with Crippen molar-refractivity contribution in [3.05, 3.63) is 58.1 Å². The van der Waals surface area contributed by atoms with Gasteiger partial charge in [0.1, 0.15) is 5.75 Å². The van der Waals surface area contributed by atoms with Crippen LogP contribution in [0.4, 0.5) is 0 Å². The minimum absolute atomic E-state index is 0.208. The molecule has 1 N–H and O–H groups in total. The zero-order valence-electron chi connectivity index (χ0n) is 16.0. The number of amides is 1. The number of aldehydes is 1. The van der Waals surface area contributed by atoms with Crippen LogP contribution in [-0.2, 0) is 26.1 Å². The summed E-state index contributed by atoms with van der Waals surface area (Å²) in [6.45, 7) is 1.43. The van der Waals surface area contributed by atoms with Crippen LogP contribution < -0.4 is 10.1 Å². The molecule has 2 aromatic carbocycles. The van der Waals surface area contributed by atoms with Crippen LogP contribution in [0.2, 0.25) is 0 Å². The lowest BCUT2D eigenvalue weighted by Gasteiger charge is -2.26. The first kappa shape index (κ1) is 22.4. The fraction of sp³-hybridized carbons (Fsp3) is 0.300. The van der Waals surface area contributed by atoms with E-state index in [9.17, 15) is 18.0 Å². The molecule has 1 amide bonds. The van der Waals surface area contributed by atoms with E-state index in [-0.39, 0.29) is 24.0 Å². The van der Waals surface area contributed by atoms with Crippen LogP contribution in [0.3, 0.4) is 0 Å². The first-order chi connectivity index (χ1) is 14.4. The van der Waals surface area contributed by atoms with Gasteiger partial charge in [0.15, 0.2) is 12.9 Å². The van der Waals surface area contributed by atoms with Crippen LogP contribution in [0.1, 0.15) is 15.9 Å². The third-order valence-corrected chi connectivity index (χ3v) is 6.88. The van der Waals surface area contributed by atoms with Crippen LogP contribution in [0.5, 0.6) is 5.75 Å². The van der Waals surface area contributed by atoms with Gasteiger partial charge in [-0.3, -0.25) is 9.59 Å². The Labute approximate surface area is 183 Å². The summed E-state index contributed by atoms with van der Waals surface area (Å²) in [5, 5.41) is 2.70. The normalized spacial score (nSPS) is 14.8. The molecule has 160 valence electrons. The maximum absolute atomic E-state index is 12.6. The topological polar surface area (TPSA) is 102 Å². The van der Waals surface area contributed by atoms with E-state index >= 15 is 0 Å². The lowest BCUT2D eigenvalue weighted by atomic mass is 10.2. The molecule has 1 aliphatic rings. The maximum Gasteiger partial charge on any atom is 0.258 e. The second-order valence-electron chi connectivity index (χ2n) is 6.53. The number of rotatable bonds is 8. The summed E-state index contributed by atoms with van der Waals surface area (Å²) in [5.41, 5.74) is 1.09. The molecule has 0 saturated carbocycles. The Hall–Kier alpha value is -2.27. The van der Waals surface area contributed by atoms with Crippen LogP contribution in [0.25, 0.3) is 0 Å². The number of morpholine rings is 1. The summed E-state index contributed by atoms with van der Waals surface area (Å²) in [6.07, 6.45) is 0.657. The van der Waals surface area contributed by atoms with Crippen molar-refractivity contribution in [2.24, 2.45) is 0 Å². The van der Waals surface area contributed by atoms with Crippen molar-refractivity contribution in [2.45, 2.75) is 11.4 Å². The minimum atomic E-state index is -3.54. The summed E-state index contributed by atoms with van der Waals surface area (Å²) >= 11 is 3.27. The molecule has 0 unspecified atom stereocenters. The van der Waals surface area contributed by atoms with Crippen molar-refractivity contribution in [1.82, 2.24) is 9.62 Å². The Morgan fingerprint density at radius 1 is 1.17 bits per heavy atom. The Bertz CT molecular complexity index is 1000. The minimum Gasteiger partial charge on any atom is -0.483 e. The number of nitrogens with zero attached hydrogens (tertiary/aromatic N) is 1. The average Bonchev–Trinajstić information content (AvgIpc) is 2.77. The van der Waals surface area contributed by atoms with E-state index in [0.29, 0.717) is 43.9 Å². The number of ether oxygens (including phenoxy) is 2. The van der Waals surface area contributed by atoms with Gasteiger partial charge in [-0.2, -0.15) is 4.31 Å². The molecule has 8 nitrogen and oxygen atoms in total. The summed E-state index contributed by atoms with van der Waals surface area (Å²) in [4.78, 5) is 23.3. The maximum atomic E-state index is 12.6. The third kappa shape index (κ3) is 5.66. The quantitative estimate of drug-likeness (QED) is 0.560. The second-order valence-corrected chi connectivity index (χ2v) is 9.38. The number of hydrogen-bond donors (Lipinski definition) is 1. The highest BCUT2D eigenvalue weighted by atomic mass is 79.9. The zero-order chi connectivity index (χ0) is 21.6. The molecule has 0 bridgehead atoms. The molecule has 1 aliphatic heterocycles. The second kappa shape index (κ2) is 10.2. The van der Waals surface area contributed by atoms with Gasteiger partial charge in [0.25, 0.3) is 5.91 Å². The predicted molar refractivity (Wildman–Crippen MR) is 113 cm³/mol. The van der Waals surface area contributed by atoms with Gasteiger partial charge in [-0.1, -0.05) is 28.1 Å². The Kier molecular flexibility index (Phi) is 7.59. The summed E-state index contributed by atoms with van der Waals surface area (Å²) in [7, 11) is -3.54. The third-order valence-electron chi connectivity index (χ3n) is 4.48. The molecule has 0 aliphatic carbocycles. The molecule has 10 heteroatoms. The standard InChI is InChI=1S/C20H21BrN2O6S/c21-17-3-6-19(16(11-17)13-24)29-14-20(25)22-12-15-1-4-18(5-2-15)30(26,27)23-7-9-28-10-8-23/h1-6,11,13H,7-10,12,14H2,(H,22,25). The lowest BCUT2D eigenvalue weighted by molar-refractivity contribution is -0.123. The van der Waals surface area contributed by atoms with Gasteiger partial charge in [0.2, 0.25) is 10.0 Å². The summed E-state index contributed by atoms with van der Waals surface area (Å²) < 4.78 is 38.0. The monoisotopic (exact) mass is 496 g/mol. The van der Waals surface area contributed by atoms with Crippen molar-refractivity contribution in [3.8, 4) is 5.75 Å². The lowest BCUT2D eigenvalue weighted by Crippen LogP contribution is -2.40. The smallest absolute Gasteiger partial charge is 0.258 e. The SMILES string of the molecule is O=Cc1cc(Br)ccc1OCC(=O)NCc1ccc(S(=O)(=O)N2CCOCC2)cc1. The zero-order valence-corrected chi connectivity index (χ0v) is 18.4. The van der Waals surface area contributed by atoms with Crippen molar-refractivity contribution in [2.75, 3.05) is 32.9 Å². The molecule has 0 atom stereocenters. The van der Waals surface area contributed by atoms with Crippen molar-refractivity contribution >= 4 is 38.1 Å². The van der Waals surface area contributed by atoms with Gasteiger partial charge >= 0.3 is 0 Å². The Balaban J connectivity index is 1.52. The number of benzene rings is 2. The molecular formula is C20H21BrN2O6S. The number of sulfonamides is 1. The van der Waals surface area contributed by atoms with E-state index in [1.54, 1.807) is 30.3 Å². The van der Waals surface area contributed by atoms with E-state index in [1.807, 2.05) is 0 Å². The number of carbonyl (C=O) groups is 2. The highest BCUT2D eigenvalue weighted by molar-refractivity contribution is 9.10. The van der Waals surface area contributed by atoms with Crippen molar-refractivity contribution < 1.29 is 27.5 Å². The van der Waals surface area contributed by atoms with Gasteiger partial charge in [-0.15, -0.1) is 0 Å². The number of carbonyl (C=O) groups excluding carboxylic acids is 2. The fourth-order valence-electron chi connectivity index (χ4n) is 2.85. The first-order valence-electron chi connectivity index (χ1n) is 9.21. The summed E-state index contributed by atoms with van der Waals surface area (Å²) in [5.74, 6) is -0.0409. The van der Waals surface area contributed by atoms with Crippen LogP contribution in [0, 0.1) is 0 Å². The van der Waals surface area contributed by atoms with Gasteiger partial charge in [-0.05, 0) is 35.9 Å². The Morgan fingerprint density at radius 3 is 2.53 bits per heavy atom. The first-order valence-corrected chi connectivity index (χ1v) is 11.4. The average molecular weight is 497 g/mol. The van der Waals surface area contributed by atoms with Crippen molar-refractivity contribution in [1.29, 1.82) is 0 Å². The molecular weight excluding hydrogens is 476 g/mol. The number of halogens is 1. The number of nitrogens with one attached hydrogen (secondary N) is 1. The van der Waals surface area contributed by atoms with E-state index in [1.165, 1.54) is 16.4 Å². The van der Waals surface area contributed by atoms with E-state index < -0.39 is 10.0 Å². The van der Waals surface area contributed by atoms with Crippen LogP contribution in [-0.4, -0.2) is 57.8 Å². The molecule has 30 heavy (non-hydrogen) atoms. The molecule has 1 heterocycles. The van der Waals surface area contributed by atoms with Crippen molar-refractivity contribution in [3.63, 3.8) is 0 Å². The van der Waals surface area contributed by atoms with Gasteiger partial charge < -0.3 is 14.8 Å². The fourth-order valence-corrected chi connectivity index (χ4v) is 4.64. The van der Waals surface area contributed by atoms with E-state index in [2.05, 4.69) is 21.2 Å². The Morgan fingerprint density at radius 2 is 1.87 bits per heavy atom. The van der Waals surface area contributed by atoms with Crippen LogP contribution >= 0.6 is 15.9 Å². The molecule has 1 saturated heterocycles. The largest absolute Gasteiger partial charge is 0.483 e. The van der Waals surface area contributed by atoms with Gasteiger partial charge in [0.05, 0.1) is 23.7 Å². The highest BCUT2D eigenvalue weighted by Crippen LogP contribution is 2.21. The van der Waals surface area contributed by atoms with E-state index in [0.717, 1.165) is 10.0 Å². The summed E-state index contributed by atoms with van der Waals surface area (Å²) in [6, 6.07) is 11.3. The van der Waals surface area contributed by atoms with Crippen LogP contribution in [0.15, 0.2) is 51.8 Å². The van der Waals surface area contributed by atoms with Gasteiger partial charge in [-0.25, -0.2) is 8.42 Å². The molecule has 2 aromatic rings.